The highest BCUT2D eigenvalue weighted by atomic mass is 32.2. The van der Waals surface area contributed by atoms with Crippen LogP contribution in [0, 0.1) is 24.7 Å². The molecule has 3 atom stereocenters. The van der Waals surface area contributed by atoms with Crippen molar-refractivity contribution in [1.29, 1.82) is 0 Å². The number of fused-ring (bicyclic) bond motifs is 1. The molecule has 0 unspecified atom stereocenters. The minimum atomic E-state index is -0.149. The average Bonchev–Trinajstić information content (AvgIpc) is 3.10. The second-order valence-electron chi connectivity index (χ2n) is 10.6. The second-order valence-corrected chi connectivity index (χ2v) is 12.3. The molecule has 2 fully saturated rings. The number of hydrogen-bond acceptors (Lipinski definition) is 6. The van der Waals surface area contributed by atoms with E-state index in [0.717, 1.165) is 50.8 Å². The Morgan fingerprint density at radius 1 is 1.19 bits per heavy atom. The summed E-state index contributed by atoms with van der Waals surface area (Å²) in [7, 11) is 0. The first kappa shape index (κ1) is 26.9. The second kappa shape index (κ2) is 11.5. The number of rotatable bonds is 8. The van der Waals surface area contributed by atoms with Gasteiger partial charge in [0.2, 0.25) is 0 Å². The van der Waals surface area contributed by atoms with Crippen molar-refractivity contribution in [2.24, 2.45) is 17.8 Å². The van der Waals surface area contributed by atoms with Crippen LogP contribution in [0.3, 0.4) is 0 Å². The molecule has 2 aromatic rings. The highest BCUT2D eigenvalue weighted by molar-refractivity contribution is 8.26. The van der Waals surface area contributed by atoms with Crippen LogP contribution in [0.2, 0.25) is 0 Å². The largest absolute Gasteiger partial charge is 0.355 e. The SMILES string of the molecule is CCCC[C@H](CC)CN1C(=O)/C(=C/c2c(N3C[C@H](C)C[C@@H](C)C3)nc3ccc(C)cn3c2=O)SC1=S. The number of piperidine rings is 1. The molecular weight excluding hydrogens is 488 g/mol. The van der Waals surface area contributed by atoms with E-state index in [-0.39, 0.29) is 11.5 Å². The quantitative estimate of drug-likeness (QED) is 0.315. The third-order valence-electron chi connectivity index (χ3n) is 7.29. The number of anilines is 1. The number of carbonyl (C=O) groups excluding carboxylic acids is 1. The van der Waals surface area contributed by atoms with Crippen LogP contribution in [0.5, 0.6) is 0 Å². The number of unbranched alkanes of at least 4 members (excludes halogenated alkanes) is 1. The molecule has 0 bridgehead atoms. The molecule has 36 heavy (non-hydrogen) atoms. The summed E-state index contributed by atoms with van der Waals surface area (Å²) in [4.78, 5) is 36.7. The molecule has 2 aromatic heterocycles. The van der Waals surface area contributed by atoms with Gasteiger partial charge in [-0.15, -0.1) is 0 Å². The van der Waals surface area contributed by atoms with Crippen molar-refractivity contribution in [3.63, 3.8) is 0 Å². The number of aryl methyl sites for hydroxylation is 1. The van der Waals surface area contributed by atoms with E-state index in [4.69, 9.17) is 17.2 Å². The number of carbonyl (C=O) groups is 1. The molecular formula is C28H38N4O2S2. The average molecular weight is 527 g/mol. The third-order valence-corrected chi connectivity index (χ3v) is 8.66. The Morgan fingerprint density at radius 2 is 1.92 bits per heavy atom. The molecule has 2 aliphatic rings. The summed E-state index contributed by atoms with van der Waals surface area (Å²) < 4.78 is 2.17. The number of nitrogens with zero attached hydrogens (tertiary/aromatic N) is 4. The first-order valence-corrected chi connectivity index (χ1v) is 14.5. The predicted octanol–water partition coefficient (Wildman–Crippen LogP) is 5.90. The zero-order valence-corrected chi connectivity index (χ0v) is 23.8. The van der Waals surface area contributed by atoms with E-state index in [1.807, 2.05) is 25.3 Å². The molecule has 6 nitrogen and oxygen atoms in total. The topological polar surface area (TPSA) is 57.9 Å². The van der Waals surface area contributed by atoms with Crippen molar-refractivity contribution >= 4 is 51.7 Å². The molecule has 2 aliphatic heterocycles. The summed E-state index contributed by atoms with van der Waals surface area (Å²) in [5.41, 5.74) is 1.93. The van der Waals surface area contributed by atoms with Crippen LogP contribution in [0.1, 0.15) is 70.9 Å². The number of hydrogen-bond donors (Lipinski definition) is 0. The van der Waals surface area contributed by atoms with E-state index in [9.17, 15) is 9.59 Å². The van der Waals surface area contributed by atoms with E-state index < -0.39 is 0 Å². The summed E-state index contributed by atoms with van der Waals surface area (Å²) in [6.45, 7) is 13.1. The van der Waals surface area contributed by atoms with Gasteiger partial charge in [-0.2, -0.15) is 0 Å². The maximum atomic E-state index is 13.8. The highest BCUT2D eigenvalue weighted by Crippen LogP contribution is 2.35. The maximum absolute atomic E-state index is 13.8. The van der Waals surface area contributed by atoms with Gasteiger partial charge >= 0.3 is 0 Å². The van der Waals surface area contributed by atoms with E-state index in [1.54, 1.807) is 15.4 Å². The zero-order valence-electron chi connectivity index (χ0n) is 22.1. The van der Waals surface area contributed by atoms with E-state index in [1.165, 1.54) is 11.8 Å². The Hall–Kier alpha value is -2.19. The summed E-state index contributed by atoms with van der Waals surface area (Å²) in [6.07, 6.45) is 9.12. The molecule has 194 valence electrons. The molecule has 8 heteroatoms. The summed E-state index contributed by atoms with van der Waals surface area (Å²) in [5.74, 6) is 2.01. The Labute approximate surface area is 224 Å². The van der Waals surface area contributed by atoms with Crippen molar-refractivity contribution in [1.82, 2.24) is 14.3 Å². The summed E-state index contributed by atoms with van der Waals surface area (Å²) in [5, 5.41) is 0. The fourth-order valence-electron chi connectivity index (χ4n) is 5.41. The summed E-state index contributed by atoms with van der Waals surface area (Å²) in [6, 6.07) is 3.86. The van der Waals surface area contributed by atoms with E-state index in [2.05, 4.69) is 32.6 Å². The lowest BCUT2D eigenvalue weighted by Gasteiger charge is -2.36. The number of aromatic nitrogens is 2. The Balaban J connectivity index is 1.75. The van der Waals surface area contributed by atoms with Gasteiger partial charge in [0.15, 0.2) is 0 Å². The lowest BCUT2D eigenvalue weighted by atomic mass is 9.91. The lowest BCUT2D eigenvalue weighted by molar-refractivity contribution is -0.122. The molecule has 4 heterocycles. The van der Waals surface area contributed by atoms with Gasteiger partial charge in [-0.3, -0.25) is 18.9 Å². The molecule has 0 saturated carbocycles. The Kier molecular flexibility index (Phi) is 8.56. The van der Waals surface area contributed by atoms with E-state index in [0.29, 0.717) is 50.6 Å². The van der Waals surface area contributed by atoms with Crippen LogP contribution in [0.15, 0.2) is 28.0 Å². The first-order valence-electron chi connectivity index (χ1n) is 13.2. The Bertz CT molecular complexity index is 1230. The van der Waals surface area contributed by atoms with Crippen LogP contribution in [0.25, 0.3) is 11.7 Å². The first-order chi connectivity index (χ1) is 17.2. The molecule has 4 rings (SSSR count). The van der Waals surface area contributed by atoms with Crippen LogP contribution >= 0.6 is 24.0 Å². The molecule has 0 aromatic carbocycles. The monoisotopic (exact) mass is 526 g/mol. The minimum absolute atomic E-state index is 0.0972. The van der Waals surface area contributed by atoms with Gasteiger partial charge in [0.25, 0.3) is 11.5 Å². The van der Waals surface area contributed by atoms with Crippen LogP contribution in [-0.2, 0) is 4.79 Å². The normalized spacial score (nSPS) is 22.8. The fraction of sp³-hybridized carbons (Fsp3) is 0.571. The fourth-order valence-corrected chi connectivity index (χ4v) is 6.67. The molecule has 0 spiro atoms. The zero-order chi connectivity index (χ0) is 26.0. The molecule has 1 amide bonds. The highest BCUT2D eigenvalue weighted by Gasteiger charge is 2.34. The van der Waals surface area contributed by atoms with Crippen LogP contribution in [0.4, 0.5) is 5.82 Å². The van der Waals surface area contributed by atoms with Crippen molar-refractivity contribution in [3.8, 4) is 0 Å². The molecule has 0 N–H and O–H groups in total. The molecule has 0 aliphatic carbocycles. The third kappa shape index (κ3) is 5.70. The number of thioether (sulfide) groups is 1. The number of thiocarbonyl (C=S) groups is 1. The number of pyridine rings is 1. The van der Waals surface area contributed by atoms with Crippen molar-refractivity contribution in [2.45, 2.75) is 66.7 Å². The van der Waals surface area contributed by atoms with Gasteiger partial charge < -0.3 is 4.90 Å². The van der Waals surface area contributed by atoms with Gasteiger partial charge in [-0.25, -0.2) is 4.98 Å². The van der Waals surface area contributed by atoms with Gasteiger partial charge in [0, 0.05) is 25.8 Å². The Morgan fingerprint density at radius 3 is 2.58 bits per heavy atom. The van der Waals surface area contributed by atoms with Crippen molar-refractivity contribution in [2.75, 3.05) is 24.5 Å². The lowest BCUT2D eigenvalue weighted by Crippen LogP contribution is -2.40. The molecule has 2 saturated heterocycles. The van der Waals surface area contributed by atoms with Gasteiger partial charge in [0.1, 0.15) is 15.8 Å². The van der Waals surface area contributed by atoms with Crippen LogP contribution < -0.4 is 10.5 Å². The van der Waals surface area contributed by atoms with Gasteiger partial charge in [0.05, 0.1) is 10.5 Å². The van der Waals surface area contributed by atoms with Gasteiger partial charge in [-0.05, 0) is 55.2 Å². The number of amides is 1. The van der Waals surface area contributed by atoms with E-state index >= 15 is 0 Å². The summed E-state index contributed by atoms with van der Waals surface area (Å²) >= 11 is 6.92. The van der Waals surface area contributed by atoms with Crippen molar-refractivity contribution in [3.05, 3.63) is 44.7 Å². The van der Waals surface area contributed by atoms with Crippen molar-refractivity contribution < 1.29 is 4.79 Å². The smallest absolute Gasteiger partial charge is 0.267 e. The maximum Gasteiger partial charge on any atom is 0.267 e. The minimum Gasteiger partial charge on any atom is -0.355 e. The standard InChI is InChI=1S/C28H38N4O2S2/c1-6-8-9-21(7-2)17-32-27(34)23(36-28(32)35)13-22-25(30-14-19(4)12-20(5)15-30)29-24-11-10-18(3)16-31(24)26(22)33/h10-11,13,16,19-21H,6-9,12,14-15,17H2,1-5H3/b23-13-/t19-,20-,21+/m1/s1. The molecule has 0 radical (unpaired) electrons. The van der Waals surface area contributed by atoms with Crippen LogP contribution in [-0.4, -0.2) is 44.1 Å². The predicted molar refractivity (Wildman–Crippen MR) is 155 cm³/mol. The van der Waals surface area contributed by atoms with Gasteiger partial charge in [-0.1, -0.05) is 77.0 Å².